The number of nitrogens with zero attached hydrogens (tertiary/aromatic N) is 3. The van der Waals surface area contributed by atoms with Gasteiger partial charge in [0.1, 0.15) is 16.9 Å². The van der Waals surface area contributed by atoms with Gasteiger partial charge in [0.25, 0.3) is 0 Å². The Balaban J connectivity index is 2.37. The van der Waals surface area contributed by atoms with E-state index in [-0.39, 0.29) is 29.5 Å². The molecule has 17 heavy (non-hydrogen) atoms. The summed E-state index contributed by atoms with van der Waals surface area (Å²) in [5.41, 5.74) is 0.259. The second-order valence-corrected chi connectivity index (χ2v) is 3.81. The lowest BCUT2D eigenvalue weighted by atomic mass is 10.2. The summed E-state index contributed by atoms with van der Waals surface area (Å²) in [5, 5.41) is 11.1. The van der Waals surface area contributed by atoms with E-state index in [0.717, 1.165) is 0 Å². The van der Waals surface area contributed by atoms with Crippen molar-refractivity contribution in [2.24, 2.45) is 0 Å². The molecule has 1 aromatic heterocycles. The van der Waals surface area contributed by atoms with Crippen molar-refractivity contribution in [3.8, 4) is 6.07 Å². The minimum Gasteiger partial charge on any atom is -0.337 e. The maximum absolute atomic E-state index is 11.2. The van der Waals surface area contributed by atoms with Crippen LogP contribution in [0, 0.1) is 11.3 Å². The summed E-state index contributed by atoms with van der Waals surface area (Å²) in [6, 6.07) is 3.38. The molecular formula is C10H7ClN4O2. The van der Waals surface area contributed by atoms with Crippen LogP contribution in [0.2, 0.25) is 5.02 Å². The number of carbonyl (C=O) groups is 2. The van der Waals surface area contributed by atoms with Gasteiger partial charge in [-0.15, -0.1) is 0 Å². The van der Waals surface area contributed by atoms with Crippen LogP contribution in [-0.4, -0.2) is 29.9 Å². The number of hydrogen-bond acceptors (Lipinski definition) is 5. The predicted molar refractivity (Wildman–Crippen MR) is 59.3 cm³/mol. The van der Waals surface area contributed by atoms with Gasteiger partial charge in [0, 0.05) is 6.20 Å². The van der Waals surface area contributed by atoms with Gasteiger partial charge in [-0.2, -0.15) is 5.26 Å². The van der Waals surface area contributed by atoms with Crippen molar-refractivity contribution in [1.82, 2.24) is 10.3 Å². The molecule has 0 aromatic carbocycles. The normalized spacial score (nSPS) is 15.4. The first kappa shape index (κ1) is 11.4. The van der Waals surface area contributed by atoms with Crippen molar-refractivity contribution >= 4 is 29.2 Å². The molecule has 2 heterocycles. The van der Waals surface area contributed by atoms with Crippen LogP contribution >= 0.6 is 11.6 Å². The van der Waals surface area contributed by atoms with Crippen LogP contribution in [-0.2, 0) is 9.59 Å². The summed E-state index contributed by atoms with van der Waals surface area (Å²) < 4.78 is 0. The fraction of sp³-hybridized carbons (Fsp3) is 0.200. The molecule has 0 bridgehead atoms. The molecule has 0 atom stereocenters. The molecule has 1 saturated heterocycles. The highest BCUT2D eigenvalue weighted by Crippen LogP contribution is 2.26. The molecule has 7 heteroatoms. The van der Waals surface area contributed by atoms with Gasteiger partial charge in [-0.3, -0.25) is 14.9 Å². The van der Waals surface area contributed by atoms with Crippen molar-refractivity contribution in [1.29, 1.82) is 5.26 Å². The summed E-state index contributed by atoms with van der Waals surface area (Å²) in [5.74, 6) is -0.558. The zero-order valence-corrected chi connectivity index (χ0v) is 9.36. The summed E-state index contributed by atoms with van der Waals surface area (Å²) in [6.45, 7) is -0.0132. The van der Waals surface area contributed by atoms with Crippen molar-refractivity contribution in [2.75, 3.05) is 18.0 Å². The van der Waals surface area contributed by atoms with E-state index in [2.05, 4.69) is 10.3 Å². The second kappa shape index (κ2) is 4.39. The van der Waals surface area contributed by atoms with Crippen LogP contribution in [0.4, 0.5) is 5.82 Å². The molecule has 86 valence electrons. The molecule has 0 aliphatic carbocycles. The van der Waals surface area contributed by atoms with Crippen LogP contribution < -0.4 is 10.2 Å². The lowest BCUT2D eigenvalue weighted by Crippen LogP contribution is -2.51. The third kappa shape index (κ3) is 2.19. The minimum absolute atomic E-state index is 0.00661. The van der Waals surface area contributed by atoms with Crippen LogP contribution in [0.3, 0.4) is 0 Å². The largest absolute Gasteiger partial charge is 0.337 e. The van der Waals surface area contributed by atoms with Gasteiger partial charge in [-0.05, 0) is 6.07 Å². The lowest BCUT2D eigenvalue weighted by molar-refractivity contribution is -0.130. The number of carbonyl (C=O) groups excluding carboxylic acids is 2. The molecule has 2 rings (SSSR count). The molecule has 2 amide bonds. The summed E-state index contributed by atoms with van der Waals surface area (Å²) in [7, 11) is 0. The monoisotopic (exact) mass is 250 g/mol. The number of halogens is 1. The Labute approximate surface area is 102 Å². The molecule has 1 aliphatic heterocycles. The molecule has 1 fully saturated rings. The van der Waals surface area contributed by atoms with E-state index in [1.54, 1.807) is 0 Å². The number of aromatic nitrogens is 1. The Hall–Kier alpha value is -2.13. The number of piperazine rings is 1. The van der Waals surface area contributed by atoms with Crippen molar-refractivity contribution < 1.29 is 9.59 Å². The maximum atomic E-state index is 11.2. The molecule has 1 N–H and O–H groups in total. The maximum Gasteiger partial charge on any atom is 0.246 e. The first-order valence-electron chi connectivity index (χ1n) is 4.74. The van der Waals surface area contributed by atoms with Crippen molar-refractivity contribution in [3.05, 3.63) is 22.8 Å². The van der Waals surface area contributed by atoms with Gasteiger partial charge in [-0.1, -0.05) is 11.6 Å². The highest BCUT2D eigenvalue weighted by Gasteiger charge is 2.25. The topological polar surface area (TPSA) is 86.1 Å². The molecule has 0 unspecified atom stereocenters. The van der Waals surface area contributed by atoms with Crippen LogP contribution in [0.1, 0.15) is 5.56 Å². The Morgan fingerprint density at radius 3 is 2.65 bits per heavy atom. The van der Waals surface area contributed by atoms with Crippen molar-refractivity contribution in [3.63, 3.8) is 0 Å². The van der Waals surface area contributed by atoms with Gasteiger partial charge in [0.2, 0.25) is 11.8 Å². The Morgan fingerprint density at radius 2 is 2.06 bits per heavy atom. The van der Waals surface area contributed by atoms with E-state index in [0.29, 0.717) is 0 Å². The Kier molecular flexibility index (Phi) is 2.93. The van der Waals surface area contributed by atoms with E-state index in [1.807, 2.05) is 6.07 Å². The molecule has 0 spiro atoms. The van der Waals surface area contributed by atoms with E-state index in [9.17, 15) is 9.59 Å². The average Bonchev–Trinajstić information content (AvgIpc) is 2.28. The van der Waals surface area contributed by atoms with Gasteiger partial charge in [0.15, 0.2) is 0 Å². The number of nitrogens with one attached hydrogen (secondary N) is 1. The van der Waals surface area contributed by atoms with Gasteiger partial charge in [-0.25, -0.2) is 4.98 Å². The Bertz CT molecular complexity index is 522. The third-order valence-corrected chi connectivity index (χ3v) is 2.61. The first-order valence-corrected chi connectivity index (χ1v) is 5.12. The SMILES string of the molecule is N#Cc1ccnc(N2CC(=O)NC(=O)C2)c1Cl. The third-order valence-electron chi connectivity index (χ3n) is 2.24. The second-order valence-electron chi connectivity index (χ2n) is 3.44. The smallest absolute Gasteiger partial charge is 0.246 e. The predicted octanol–water partition coefficient (Wildman–Crippen LogP) is 0.0695. The number of pyridine rings is 1. The molecule has 0 radical (unpaired) electrons. The zero-order chi connectivity index (χ0) is 12.4. The molecule has 1 aromatic rings. The zero-order valence-electron chi connectivity index (χ0n) is 8.61. The number of hydrogen-bond donors (Lipinski definition) is 1. The Morgan fingerprint density at radius 1 is 1.41 bits per heavy atom. The number of imide groups is 1. The fourth-order valence-corrected chi connectivity index (χ4v) is 1.80. The van der Waals surface area contributed by atoms with E-state index >= 15 is 0 Å². The number of anilines is 1. The fourth-order valence-electron chi connectivity index (χ4n) is 1.53. The summed E-state index contributed by atoms with van der Waals surface area (Å²) >= 11 is 5.97. The van der Waals surface area contributed by atoms with Crippen molar-refractivity contribution in [2.45, 2.75) is 0 Å². The van der Waals surface area contributed by atoms with Crippen LogP contribution in [0.25, 0.3) is 0 Å². The lowest BCUT2D eigenvalue weighted by Gasteiger charge is -2.27. The average molecular weight is 251 g/mol. The molecule has 1 aliphatic rings. The van der Waals surface area contributed by atoms with Crippen LogP contribution in [0.5, 0.6) is 0 Å². The van der Waals surface area contributed by atoms with Gasteiger partial charge in [0.05, 0.1) is 18.7 Å². The number of rotatable bonds is 1. The first-order chi connectivity index (χ1) is 8.11. The van der Waals surface area contributed by atoms with E-state index < -0.39 is 11.8 Å². The summed E-state index contributed by atoms with van der Waals surface area (Å²) in [6.07, 6.45) is 1.41. The van der Waals surface area contributed by atoms with Gasteiger partial charge < -0.3 is 4.90 Å². The van der Waals surface area contributed by atoms with Gasteiger partial charge >= 0.3 is 0 Å². The minimum atomic E-state index is -0.415. The molecule has 6 nitrogen and oxygen atoms in total. The standard InChI is InChI=1S/C10H7ClN4O2/c11-9-6(3-12)1-2-13-10(9)15-4-7(16)14-8(17)5-15/h1-2H,4-5H2,(H,14,16,17). The molecular weight excluding hydrogens is 244 g/mol. The summed E-state index contributed by atoms with van der Waals surface area (Å²) in [4.78, 5) is 27.9. The van der Waals surface area contributed by atoms with E-state index in [1.165, 1.54) is 17.2 Å². The quantitative estimate of drug-likeness (QED) is 0.713. The highest BCUT2D eigenvalue weighted by molar-refractivity contribution is 6.34. The highest BCUT2D eigenvalue weighted by atomic mass is 35.5. The number of amides is 2. The van der Waals surface area contributed by atoms with E-state index in [4.69, 9.17) is 16.9 Å². The molecule has 0 saturated carbocycles. The number of nitriles is 1. The van der Waals surface area contributed by atoms with Crippen LogP contribution in [0.15, 0.2) is 12.3 Å².